The molecule has 1 aliphatic carbocycles. The number of urea groups is 1. The lowest BCUT2D eigenvalue weighted by Crippen LogP contribution is -2.71. The minimum Gasteiger partial charge on any atom is -0.504 e. The van der Waals surface area contributed by atoms with E-state index in [1.807, 2.05) is 0 Å². The van der Waals surface area contributed by atoms with Crippen LogP contribution in [0.25, 0.3) is 0 Å². The first-order valence-electron chi connectivity index (χ1n) is 13.9. The number of benzene rings is 1. The summed E-state index contributed by atoms with van der Waals surface area (Å²) in [5.74, 6) is -9.03. The summed E-state index contributed by atoms with van der Waals surface area (Å²) in [5.41, 5.74) is 4.97. The first-order valence-corrected chi connectivity index (χ1v) is 15.9. The van der Waals surface area contributed by atoms with Gasteiger partial charge in [-0.2, -0.15) is 9.36 Å². The number of Topliss-reactive ketones (excluding diaryl/α,β-unsaturated/α-hetero) is 1. The second-order valence-corrected chi connectivity index (χ2v) is 12.8. The number of rotatable bonds is 13. The molecule has 1 aromatic carbocycles. The number of nitrogens with one attached hydrogen (secondary N) is 2. The highest BCUT2D eigenvalue weighted by molar-refractivity contribution is 7.98. The van der Waals surface area contributed by atoms with Gasteiger partial charge in [-0.25, -0.2) is 14.6 Å². The fourth-order valence-corrected chi connectivity index (χ4v) is 6.58. The van der Waals surface area contributed by atoms with Crippen molar-refractivity contribution in [3.63, 3.8) is 0 Å². The number of ketones is 1. The number of aliphatic carboxylic acids is 2. The van der Waals surface area contributed by atoms with Crippen LogP contribution >= 0.6 is 35.1 Å². The number of hydrazine groups is 1. The summed E-state index contributed by atoms with van der Waals surface area (Å²) >= 11 is 7.20. The van der Waals surface area contributed by atoms with Crippen LogP contribution in [0.3, 0.4) is 0 Å². The highest BCUT2D eigenvalue weighted by Crippen LogP contribution is 2.38. The van der Waals surface area contributed by atoms with Crippen LogP contribution in [-0.4, -0.2) is 128 Å². The van der Waals surface area contributed by atoms with Gasteiger partial charge in [0.15, 0.2) is 16.6 Å². The Morgan fingerprint density at radius 2 is 1.86 bits per heavy atom. The number of anilines is 1. The number of carboxylic acids is 2. The van der Waals surface area contributed by atoms with Gasteiger partial charge in [-0.1, -0.05) is 16.8 Å². The molecule has 24 heteroatoms. The number of carbonyl (C=O) groups is 7. The zero-order chi connectivity index (χ0) is 35.8. The Kier molecular flexibility index (Phi) is 9.69. The molecule has 1 aromatic heterocycles. The molecule has 0 unspecified atom stereocenters. The molecule has 0 radical (unpaired) electrons. The molecule has 2 aliphatic heterocycles. The highest BCUT2D eigenvalue weighted by atomic mass is 35.5. The van der Waals surface area contributed by atoms with Gasteiger partial charge < -0.3 is 41.2 Å². The van der Waals surface area contributed by atoms with Crippen molar-refractivity contribution in [2.45, 2.75) is 36.3 Å². The third-order valence-corrected chi connectivity index (χ3v) is 9.71. The maximum Gasteiger partial charge on any atom is 0.350 e. The van der Waals surface area contributed by atoms with Gasteiger partial charge in [0.25, 0.3) is 11.7 Å². The minimum atomic E-state index is -1.68. The summed E-state index contributed by atoms with van der Waals surface area (Å²) in [7, 11) is 0. The van der Waals surface area contributed by atoms with Crippen LogP contribution in [0, 0.1) is 0 Å². The van der Waals surface area contributed by atoms with E-state index in [0.29, 0.717) is 29.9 Å². The van der Waals surface area contributed by atoms with Gasteiger partial charge in [0.2, 0.25) is 23.0 Å². The molecule has 2 atom stereocenters. The van der Waals surface area contributed by atoms with Crippen molar-refractivity contribution in [1.29, 1.82) is 0 Å². The molecule has 2 aromatic rings. The first-order chi connectivity index (χ1) is 23.1. The van der Waals surface area contributed by atoms with Gasteiger partial charge >= 0.3 is 23.9 Å². The topological polar surface area (TPSA) is 308 Å². The van der Waals surface area contributed by atoms with Gasteiger partial charge in [-0.15, -0.1) is 0 Å². The van der Waals surface area contributed by atoms with Crippen molar-refractivity contribution < 1.29 is 58.8 Å². The molecule has 0 spiro atoms. The lowest BCUT2D eigenvalue weighted by atomic mass is 9.80. The van der Waals surface area contributed by atoms with Crippen LogP contribution in [0.2, 0.25) is 5.02 Å². The van der Waals surface area contributed by atoms with Crippen LogP contribution in [0.4, 0.5) is 9.93 Å². The molecule has 8 N–H and O–H groups in total. The molecule has 2 saturated heterocycles. The number of hydrogen-bond acceptors (Lipinski definition) is 16. The fourth-order valence-electron chi connectivity index (χ4n) is 4.66. The van der Waals surface area contributed by atoms with Gasteiger partial charge in [0.05, 0.1) is 23.7 Å². The number of carbonyl (C=O) groups excluding carboxylic acids is 5. The van der Waals surface area contributed by atoms with E-state index in [9.17, 15) is 54.0 Å². The Bertz CT molecular complexity index is 1800. The van der Waals surface area contributed by atoms with Crippen LogP contribution < -0.4 is 16.5 Å². The number of phenolic OH excluding ortho intramolecular Hbond substituents is 2. The maximum absolute atomic E-state index is 13.4. The summed E-state index contributed by atoms with van der Waals surface area (Å²) in [5, 5.41) is 43.2. The van der Waals surface area contributed by atoms with E-state index in [4.69, 9.17) is 22.2 Å². The first kappa shape index (κ1) is 34.9. The predicted molar refractivity (Wildman–Crippen MR) is 165 cm³/mol. The number of phenols is 2. The van der Waals surface area contributed by atoms with E-state index in [1.165, 1.54) is 0 Å². The van der Waals surface area contributed by atoms with Crippen LogP contribution in [0.5, 0.6) is 11.5 Å². The van der Waals surface area contributed by atoms with E-state index in [2.05, 4.69) is 25.3 Å². The molecule has 260 valence electrons. The number of likely N-dealkylation sites (tertiary alicyclic amines) is 1. The van der Waals surface area contributed by atoms with E-state index in [1.54, 1.807) is 0 Å². The molecule has 21 nitrogen and oxygen atoms in total. The molecule has 5 rings (SSSR count). The lowest BCUT2D eigenvalue weighted by molar-refractivity contribution is -0.178. The number of nitrogens with two attached hydrogens (primary N) is 1. The van der Waals surface area contributed by atoms with Gasteiger partial charge in [0.1, 0.15) is 18.0 Å². The standard InChI is InChI=1S/C25H24ClN9O12S2/c26-12-9(2-3-10(36)16(12)40)15(39)19(42)30-34-6-7-35(24(34)46)49-21-14(20(43)33(21)8-11(37)38)28-18(41)13(17-29-23(27)48-32-17)31-47-25(22(44)45)4-1-5-25/h2-3,14,21,36,40H,1,4-8H2,(H,28,41)(H,30,42)(H,37,38)(H,44,45)(H2,27,29,32)/b31-13-/t14-,21-/m1/s1. The number of oxime groups is 1. The van der Waals surface area contributed by atoms with Crippen molar-refractivity contribution in [3.8, 4) is 11.5 Å². The summed E-state index contributed by atoms with van der Waals surface area (Å²) in [6.07, 6.45) is 0.756. The second kappa shape index (κ2) is 13.6. The smallest absolute Gasteiger partial charge is 0.350 e. The summed E-state index contributed by atoms with van der Waals surface area (Å²) in [6, 6.07) is -0.406. The zero-order valence-electron chi connectivity index (χ0n) is 24.6. The van der Waals surface area contributed by atoms with Gasteiger partial charge in [-0.3, -0.25) is 33.7 Å². The predicted octanol–water partition coefficient (Wildman–Crippen LogP) is -1.05. The number of aromatic hydroxyl groups is 2. The maximum atomic E-state index is 13.4. The molecular formula is C25H24ClN9O12S2. The number of nitrogen functional groups attached to an aromatic ring is 1. The quantitative estimate of drug-likeness (QED) is 0.0245. The molecule has 3 aliphatic rings. The molecule has 5 amide bonds. The molecular weight excluding hydrogens is 718 g/mol. The third-order valence-electron chi connectivity index (χ3n) is 7.45. The Labute approximate surface area is 286 Å². The molecule has 0 bridgehead atoms. The largest absolute Gasteiger partial charge is 0.504 e. The molecule has 49 heavy (non-hydrogen) atoms. The monoisotopic (exact) mass is 741 g/mol. The Hall–Kier alpha value is -5.42. The van der Waals surface area contributed by atoms with Crippen molar-refractivity contribution in [2.75, 3.05) is 25.4 Å². The number of amides is 5. The summed E-state index contributed by atoms with van der Waals surface area (Å²) in [6.45, 7) is -1.09. The summed E-state index contributed by atoms with van der Waals surface area (Å²) < 4.78 is 4.95. The van der Waals surface area contributed by atoms with Crippen molar-refractivity contribution in [2.24, 2.45) is 5.16 Å². The van der Waals surface area contributed by atoms with Crippen LogP contribution in [0.15, 0.2) is 17.3 Å². The number of β-lactam (4-membered cyclic amide) rings is 1. The Balaban J connectivity index is 1.29. The van der Waals surface area contributed by atoms with E-state index >= 15 is 0 Å². The number of nitrogens with zero attached hydrogens (tertiary/aromatic N) is 6. The van der Waals surface area contributed by atoms with Gasteiger partial charge in [0, 0.05) is 24.4 Å². The second-order valence-electron chi connectivity index (χ2n) is 10.5. The fraction of sp³-hybridized carbons (Fsp3) is 0.360. The molecule has 1 saturated carbocycles. The normalized spacial score (nSPS) is 19.9. The number of carboxylic acid groups (broad SMARTS) is 2. The van der Waals surface area contributed by atoms with Crippen molar-refractivity contribution in [1.82, 2.24) is 34.3 Å². The Morgan fingerprint density at radius 3 is 2.45 bits per heavy atom. The van der Waals surface area contributed by atoms with Crippen molar-refractivity contribution >= 4 is 87.4 Å². The highest BCUT2D eigenvalue weighted by Gasteiger charge is 2.53. The van der Waals surface area contributed by atoms with E-state index < -0.39 is 92.8 Å². The minimum absolute atomic E-state index is 0.0666. The molecule has 3 fully saturated rings. The van der Waals surface area contributed by atoms with Gasteiger partial charge in [-0.05, 0) is 30.5 Å². The van der Waals surface area contributed by atoms with Crippen LogP contribution in [-0.2, 0) is 28.8 Å². The zero-order valence-corrected chi connectivity index (χ0v) is 27.0. The Morgan fingerprint density at radius 1 is 1.14 bits per heavy atom. The van der Waals surface area contributed by atoms with E-state index in [-0.39, 0.29) is 36.9 Å². The van der Waals surface area contributed by atoms with E-state index in [0.717, 1.165) is 26.3 Å². The number of hydrogen-bond donors (Lipinski definition) is 7. The summed E-state index contributed by atoms with van der Waals surface area (Å²) in [4.78, 5) is 98.0. The van der Waals surface area contributed by atoms with Crippen molar-refractivity contribution in [3.05, 3.63) is 28.5 Å². The number of halogens is 1. The van der Waals surface area contributed by atoms with Crippen LogP contribution in [0.1, 0.15) is 35.4 Å². The lowest BCUT2D eigenvalue weighted by Gasteiger charge is -2.46. The average Bonchev–Trinajstić information content (AvgIpc) is 3.61. The SMILES string of the molecule is Nc1nc(/C(=N/OC2(C(=O)O)CCC2)C(=O)N[C@@H]2C(=O)N(CC(=O)O)[C@@H]2SN2CCN(NC(=O)C(=O)c3ccc(O)c(O)c3Cl)C2=O)ns1. The molecule has 3 heterocycles. The average molecular weight is 742 g/mol. The number of aromatic nitrogens is 2. The third kappa shape index (κ3) is 6.80.